The molecular formula is C9H12N2. The molecule has 0 fully saturated rings. The minimum Gasteiger partial charge on any atom is -0.253 e. The van der Waals surface area contributed by atoms with Gasteiger partial charge in [0, 0.05) is 6.20 Å². The van der Waals surface area contributed by atoms with Crippen LogP contribution in [-0.4, -0.2) is 9.97 Å². The zero-order valence-electron chi connectivity index (χ0n) is 7.13. The van der Waals surface area contributed by atoms with E-state index in [4.69, 9.17) is 0 Å². The van der Waals surface area contributed by atoms with Crippen molar-refractivity contribution in [2.75, 3.05) is 0 Å². The Balaban J connectivity index is 3.55. The van der Waals surface area contributed by atoms with Crippen molar-refractivity contribution in [1.82, 2.24) is 9.97 Å². The van der Waals surface area contributed by atoms with Crippen molar-refractivity contribution in [3.05, 3.63) is 22.6 Å². The molecule has 0 N–H and O–H groups in total. The van der Waals surface area contributed by atoms with Crippen molar-refractivity contribution >= 4 is 12.2 Å². The largest absolute Gasteiger partial charge is 0.253 e. The highest BCUT2D eigenvalue weighted by Crippen LogP contribution is 1.76. The first-order chi connectivity index (χ1) is 5.27. The number of aryl methyl sites for hydroxylation is 1. The fourth-order valence-electron chi connectivity index (χ4n) is 0.940. The van der Waals surface area contributed by atoms with Crippen LogP contribution in [0.5, 0.6) is 0 Å². The van der Waals surface area contributed by atoms with Gasteiger partial charge in [0.25, 0.3) is 0 Å². The molecule has 1 heterocycles. The Hall–Kier alpha value is -1.18. The maximum absolute atomic E-state index is 4.31. The van der Waals surface area contributed by atoms with Gasteiger partial charge in [-0.25, -0.2) is 0 Å². The second kappa shape index (κ2) is 3.28. The lowest BCUT2D eigenvalue weighted by Crippen LogP contribution is -2.31. The minimum atomic E-state index is 0.957. The van der Waals surface area contributed by atoms with Gasteiger partial charge in [0.2, 0.25) is 0 Å². The smallest absolute Gasteiger partial charge is 0.0844 e. The van der Waals surface area contributed by atoms with Crippen molar-refractivity contribution in [2.45, 2.75) is 20.8 Å². The van der Waals surface area contributed by atoms with Crippen LogP contribution in [0.25, 0.3) is 12.2 Å². The van der Waals surface area contributed by atoms with Gasteiger partial charge in [0.05, 0.1) is 16.4 Å². The Labute approximate surface area is 66.3 Å². The Morgan fingerprint density at radius 3 is 2.36 bits per heavy atom. The predicted octanol–water partition coefficient (Wildman–Crippen LogP) is 0.386. The Kier molecular flexibility index (Phi) is 2.36. The predicted molar refractivity (Wildman–Crippen MR) is 46.3 cm³/mol. The van der Waals surface area contributed by atoms with E-state index >= 15 is 0 Å². The summed E-state index contributed by atoms with van der Waals surface area (Å²) < 4.78 is 0. The molecule has 0 radical (unpaired) electrons. The third-order valence-electron chi connectivity index (χ3n) is 1.50. The Morgan fingerprint density at radius 2 is 1.82 bits per heavy atom. The fourth-order valence-corrected chi connectivity index (χ4v) is 0.940. The highest BCUT2D eigenvalue weighted by molar-refractivity contribution is 5.21. The van der Waals surface area contributed by atoms with E-state index in [9.17, 15) is 0 Å². The summed E-state index contributed by atoms with van der Waals surface area (Å²) in [5.41, 5.74) is 0.962. The molecule has 0 saturated heterocycles. The van der Waals surface area contributed by atoms with Crippen LogP contribution in [0.3, 0.4) is 0 Å². The topological polar surface area (TPSA) is 25.8 Å². The molecule has 11 heavy (non-hydrogen) atoms. The number of hydrogen-bond donors (Lipinski definition) is 0. The van der Waals surface area contributed by atoms with Gasteiger partial charge in [-0.15, -0.1) is 0 Å². The number of nitrogens with zero attached hydrogens (tertiary/aromatic N) is 2. The molecule has 0 atom stereocenters. The molecule has 0 aliphatic heterocycles. The van der Waals surface area contributed by atoms with Crippen molar-refractivity contribution in [2.24, 2.45) is 0 Å². The maximum Gasteiger partial charge on any atom is 0.0844 e. The average molecular weight is 148 g/mol. The van der Waals surface area contributed by atoms with E-state index in [2.05, 4.69) is 9.97 Å². The van der Waals surface area contributed by atoms with Crippen molar-refractivity contribution in [3.8, 4) is 0 Å². The molecule has 0 aliphatic carbocycles. The summed E-state index contributed by atoms with van der Waals surface area (Å²) in [6.07, 6.45) is 5.71. The summed E-state index contributed by atoms with van der Waals surface area (Å²) in [6, 6.07) is 0. The molecule has 1 aromatic rings. The van der Waals surface area contributed by atoms with Crippen LogP contribution in [-0.2, 0) is 0 Å². The normalized spacial score (nSPS) is 14.1. The SMILES string of the molecule is C/C=c1/ncc(C)n/c1=C/C. The molecule has 58 valence electrons. The molecule has 1 rings (SSSR count). The van der Waals surface area contributed by atoms with E-state index in [1.165, 1.54) is 0 Å². The van der Waals surface area contributed by atoms with E-state index in [1.54, 1.807) is 6.20 Å². The van der Waals surface area contributed by atoms with E-state index < -0.39 is 0 Å². The van der Waals surface area contributed by atoms with Crippen LogP contribution in [0.1, 0.15) is 19.5 Å². The number of aromatic nitrogens is 2. The van der Waals surface area contributed by atoms with E-state index in [-0.39, 0.29) is 0 Å². The molecule has 0 aliphatic rings. The molecule has 1 aromatic heterocycles. The summed E-state index contributed by atoms with van der Waals surface area (Å²) in [4.78, 5) is 8.53. The average Bonchev–Trinajstić information content (AvgIpc) is 2.04. The van der Waals surface area contributed by atoms with Gasteiger partial charge in [-0.3, -0.25) is 9.97 Å². The van der Waals surface area contributed by atoms with Gasteiger partial charge in [-0.05, 0) is 20.8 Å². The fraction of sp³-hybridized carbons (Fsp3) is 0.333. The molecular weight excluding hydrogens is 136 g/mol. The highest BCUT2D eigenvalue weighted by atomic mass is 14.8. The zero-order chi connectivity index (χ0) is 8.27. The summed E-state index contributed by atoms with van der Waals surface area (Å²) in [6.45, 7) is 5.88. The second-order valence-electron chi connectivity index (χ2n) is 2.36. The highest BCUT2D eigenvalue weighted by Gasteiger charge is 1.86. The van der Waals surface area contributed by atoms with Crippen LogP contribution in [0.4, 0.5) is 0 Å². The first-order valence-electron chi connectivity index (χ1n) is 3.70. The van der Waals surface area contributed by atoms with Gasteiger partial charge in [0.1, 0.15) is 0 Å². The third kappa shape index (κ3) is 1.64. The maximum atomic E-state index is 4.31. The van der Waals surface area contributed by atoms with Crippen molar-refractivity contribution < 1.29 is 0 Å². The van der Waals surface area contributed by atoms with Gasteiger partial charge in [-0.2, -0.15) is 0 Å². The molecule has 2 heteroatoms. The van der Waals surface area contributed by atoms with E-state index in [1.807, 2.05) is 32.9 Å². The van der Waals surface area contributed by atoms with Crippen LogP contribution < -0.4 is 10.7 Å². The zero-order valence-corrected chi connectivity index (χ0v) is 7.13. The summed E-state index contributed by atoms with van der Waals surface area (Å²) in [5, 5.41) is 1.92. The van der Waals surface area contributed by atoms with E-state index in [0.29, 0.717) is 0 Å². The van der Waals surface area contributed by atoms with Crippen molar-refractivity contribution in [3.63, 3.8) is 0 Å². The summed E-state index contributed by atoms with van der Waals surface area (Å²) in [7, 11) is 0. The van der Waals surface area contributed by atoms with Gasteiger partial charge in [0.15, 0.2) is 0 Å². The standard InChI is InChI=1S/C9H12N2/c1-4-8-9(5-2)11-7(3)6-10-8/h4-6H,1-3H3/b8-4+,9-5+. The Morgan fingerprint density at radius 1 is 1.18 bits per heavy atom. The third-order valence-corrected chi connectivity index (χ3v) is 1.50. The van der Waals surface area contributed by atoms with Gasteiger partial charge >= 0.3 is 0 Å². The first-order valence-corrected chi connectivity index (χ1v) is 3.70. The van der Waals surface area contributed by atoms with E-state index in [0.717, 1.165) is 16.4 Å². The van der Waals surface area contributed by atoms with Crippen molar-refractivity contribution in [1.29, 1.82) is 0 Å². The summed E-state index contributed by atoms with van der Waals surface area (Å²) >= 11 is 0. The number of hydrogen-bond acceptors (Lipinski definition) is 2. The molecule has 0 bridgehead atoms. The number of rotatable bonds is 0. The summed E-state index contributed by atoms with van der Waals surface area (Å²) in [5.74, 6) is 0. The van der Waals surface area contributed by atoms with Crippen LogP contribution in [0.15, 0.2) is 6.20 Å². The molecule has 0 aromatic carbocycles. The van der Waals surface area contributed by atoms with Crippen LogP contribution >= 0.6 is 0 Å². The lowest BCUT2D eigenvalue weighted by Gasteiger charge is -1.90. The second-order valence-corrected chi connectivity index (χ2v) is 2.36. The van der Waals surface area contributed by atoms with Gasteiger partial charge in [-0.1, -0.05) is 12.2 Å². The molecule has 0 amide bonds. The lowest BCUT2D eigenvalue weighted by molar-refractivity contribution is 1.03. The van der Waals surface area contributed by atoms with Gasteiger partial charge < -0.3 is 0 Å². The molecule has 0 saturated carbocycles. The molecule has 0 spiro atoms. The molecule has 0 unspecified atom stereocenters. The molecule has 2 nitrogen and oxygen atoms in total. The first kappa shape index (κ1) is 7.92. The van der Waals surface area contributed by atoms with Crippen LogP contribution in [0.2, 0.25) is 0 Å². The Bertz CT molecular complexity index is 352. The minimum absolute atomic E-state index is 0.957. The lowest BCUT2D eigenvalue weighted by atomic mass is 10.4. The van der Waals surface area contributed by atoms with Crippen LogP contribution in [0, 0.1) is 6.92 Å². The quantitative estimate of drug-likeness (QED) is 0.531. The monoisotopic (exact) mass is 148 g/mol.